The second-order valence-corrected chi connectivity index (χ2v) is 6.91. The molecule has 112 valence electrons. The number of amides is 1. The Labute approximate surface area is 117 Å². The van der Waals surface area contributed by atoms with Crippen molar-refractivity contribution in [3.63, 3.8) is 0 Å². The van der Waals surface area contributed by atoms with Crippen molar-refractivity contribution in [2.24, 2.45) is 5.92 Å². The number of nitrogens with one attached hydrogen (secondary N) is 2. The van der Waals surface area contributed by atoms with E-state index in [1.165, 1.54) is 25.7 Å². The second-order valence-electron chi connectivity index (χ2n) is 6.91. The molecule has 1 saturated carbocycles. The number of carbonyl (C=O) groups excluding carboxylic acids is 1. The minimum Gasteiger partial charge on any atom is -0.444 e. The molecule has 4 nitrogen and oxygen atoms in total. The van der Waals surface area contributed by atoms with Gasteiger partial charge in [-0.15, -0.1) is 0 Å². The molecular weight excluding hydrogens is 240 g/mol. The van der Waals surface area contributed by atoms with Crippen LogP contribution < -0.4 is 10.6 Å². The minimum absolute atomic E-state index is 0.0919. The lowest BCUT2D eigenvalue weighted by molar-refractivity contribution is 0.0507. The topological polar surface area (TPSA) is 50.4 Å². The molecule has 19 heavy (non-hydrogen) atoms. The van der Waals surface area contributed by atoms with Crippen LogP contribution >= 0.6 is 0 Å². The van der Waals surface area contributed by atoms with Gasteiger partial charge in [0, 0.05) is 18.6 Å². The van der Waals surface area contributed by atoms with Crippen molar-refractivity contribution >= 4 is 6.09 Å². The fourth-order valence-corrected chi connectivity index (χ4v) is 2.37. The largest absolute Gasteiger partial charge is 0.444 e. The van der Waals surface area contributed by atoms with Crippen LogP contribution in [0.5, 0.6) is 0 Å². The summed E-state index contributed by atoms with van der Waals surface area (Å²) in [5.41, 5.74) is -0.434. The average molecular weight is 270 g/mol. The fourth-order valence-electron chi connectivity index (χ4n) is 2.37. The summed E-state index contributed by atoms with van der Waals surface area (Å²) in [5.74, 6) is 0.871. The fraction of sp³-hybridized carbons (Fsp3) is 0.933. The van der Waals surface area contributed by atoms with Crippen molar-refractivity contribution in [1.82, 2.24) is 10.6 Å². The maximum Gasteiger partial charge on any atom is 0.407 e. The number of alkyl carbamates (subject to hydrolysis) is 1. The van der Waals surface area contributed by atoms with Gasteiger partial charge >= 0.3 is 6.09 Å². The Morgan fingerprint density at radius 2 is 1.84 bits per heavy atom. The standard InChI is InChI=1S/C15H30N2O2/c1-11-6-8-13(9-7-11)16-10-12(2)17-14(18)19-15(3,4)5/h11-13,16H,6-10H2,1-5H3,(H,17,18). The highest BCUT2D eigenvalue weighted by atomic mass is 16.6. The molecule has 2 N–H and O–H groups in total. The summed E-state index contributed by atoms with van der Waals surface area (Å²) in [6, 6.07) is 0.702. The van der Waals surface area contributed by atoms with Crippen LogP contribution in [-0.4, -0.2) is 30.3 Å². The van der Waals surface area contributed by atoms with Gasteiger partial charge in [-0.25, -0.2) is 4.79 Å². The first kappa shape index (κ1) is 16.3. The third-order valence-electron chi connectivity index (χ3n) is 3.49. The summed E-state index contributed by atoms with van der Waals surface area (Å²) in [7, 11) is 0. The number of hydrogen-bond acceptors (Lipinski definition) is 3. The molecule has 0 aliphatic heterocycles. The van der Waals surface area contributed by atoms with Crippen LogP contribution in [-0.2, 0) is 4.74 Å². The summed E-state index contributed by atoms with van der Waals surface area (Å²) in [4.78, 5) is 11.6. The third-order valence-corrected chi connectivity index (χ3v) is 3.49. The number of rotatable bonds is 4. The number of hydrogen-bond donors (Lipinski definition) is 2. The van der Waals surface area contributed by atoms with Gasteiger partial charge in [-0.1, -0.05) is 6.92 Å². The SMILES string of the molecule is CC1CCC(NCC(C)NC(=O)OC(C)(C)C)CC1. The van der Waals surface area contributed by atoms with E-state index in [1.807, 2.05) is 27.7 Å². The zero-order valence-electron chi connectivity index (χ0n) is 13.1. The zero-order chi connectivity index (χ0) is 14.5. The Kier molecular flexibility index (Phi) is 6.11. The molecule has 1 aliphatic carbocycles. The molecule has 1 rings (SSSR count). The van der Waals surface area contributed by atoms with Gasteiger partial charge in [0.2, 0.25) is 0 Å². The molecule has 1 fully saturated rings. The molecule has 4 heteroatoms. The molecule has 0 heterocycles. The molecule has 1 aliphatic rings. The molecule has 0 spiro atoms. The van der Waals surface area contributed by atoms with Crippen LogP contribution in [0.3, 0.4) is 0 Å². The predicted molar refractivity (Wildman–Crippen MR) is 78.3 cm³/mol. The number of ether oxygens (including phenoxy) is 1. The van der Waals surface area contributed by atoms with Crippen molar-refractivity contribution < 1.29 is 9.53 Å². The summed E-state index contributed by atoms with van der Waals surface area (Å²) in [6.45, 7) is 10.7. The highest BCUT2D eigenvalue weighted by molar-refractivity contribution is 5.68. The highest BCUT2D eigenvalue weighted by Gasteiger charge is 2.20. The quantitative estimate of drug-likeness (QED) is 0.825. The molecule has 1 atom stereocenters. The van der Waals surface area contributed by atoms with E-state index >= 15 is 0 Å². The van der Waals surface area contributed by atoms with Gasteiger partial charge in [-0.2, -0.15) is 0 Å². The van der Waals surface area contributed by atoms with Crippen molar-refractivity contribution in [2.45, 2.75) is 78.0 Å². The van der Waals surface area contributed by atoms with Crippen LogP contribution in [0.1, 0.15) is 60.3 Å². The minimum atomic E-state index is -0.434. The third kappa shape index (κ3) is 7.41. The summed E-state index contributed by atoms with van der Waals surface area (Å²) in [6.07, 6.45) is 4.79. The van der Waals surface area contributed by atoms with Gasteiger partial charge in [0.15, 0.2) is 0 Å². The molecule has 1 amide bonds. The van der Waals surface area contributed by atoms with E-state index in [0.717, 1.165) is 12.5 Å². The van der Waals surface area contributed by atoms with Crippen LogP contribution in [0.2, 0.25) is 0 Å². The Bertz CT molecular complexity index is 278. The van der Waals surface area contributed by atoms with E-state index in [2.05, 4.69) is 17.6 Å². The lowest BCUT2D eigenvalue weighted by atomic mass is 9.87. The van der Waals surface area contributed by atoms with Crippen LogP contribution in [0.15, 0.2) is 0 Å². The van der Waals surface area contributed by atoms with Gasteiger partial charge in [0.1, 0.15) is 5.60 Å². The van der Waals surface area contributed by atoms with Crippen molar-refractivity contribution in [3.05, 3.63) is 0 Å². The van der Waals surface area contributed by atoms with E-state index in [1.54, 1.807) is 0 Å². The molecule has 1 unspecified atom stereocenters. The molecule has 0 bridgehead atoms. The molecule has 0 radical (unpaired) electrons. The van der Waals surface area contributed by atoms with E-state index in [9.17, 15) is 4.79 Å². The second kappa shape index (κ2) is 7.13. The summed E-state index contributed by atoms with van der Waals surface area (Å²) >= 11 is 0. The number of carbonyl (C=O) groups is 1. The van der Waals surface area contributed by atoms with Crippen molar-refractivity contribution in [3.8, 4) is 0 Å². The summed E-state index contributed by atoms with van der Waals surface area (Å²) in [5, 5.41) is 6.40. The van der Waals surface area contributed by atoms with Gasteiger partial charge in [0.25, 0.3) is 0 Å². The monoisotopic (exact) mass is 270 g/mol. The smallest absolute Gasteiger partial charge is 0.407 e. The van der Waals surface area contributed by atoms with Crippen LogP contribution in [0, 0.1) is 5.92 Å². The lowest BCUT2D eigenvalue weighted by Gasteiger charge is -2.28. The van der Waals surface area contributed by atoms with Gasteiger partial charge in [-0.3, -0.25) is 0 Å². The Morgan fingerprint density at radius 3 is 2.37 bits per heavy atom. The maximum atomic E-state index is 11.6. The van der Waals surface area contributed by atoms with E-state index < -0.39 is 5.60 Å². The van der Waals surface area contributed by atoms with Gasteiger partial charge in [0.05, 0.1) is 0 Å². The van der Waals surface area contributed by atoms with Crippen LogP contribution in [0.4, 0.5) is 4.79 Å². The maximum absolute atomic E-state index is 11.6. The highest BCUT2D eigenvalue weighted by Crippen LogP contribution is 2.23. The van der Waals surface area contributed by atoms with Gasteiger partial charge in [-0.05, 0) is 59.3 Å². The molecule has 0 saturated heterocycles. The zero-order valence-corrected chi connectivity index (χ0v) is 13.1. The predicted octanol–water partition coefficient (Wildman–Crippen LogP) is 3.07. The van der Waals surface area contributed by atoms with Crippen molar-refractivity contribution in [2.75, 3.05) is 6.54 Å². The van der Waals surface area contributed by atoms with E-state index in [0.29, 0.717) is 6.04 Å². The normalized spacial score (nSPS) is 25.7. The van der Waals surface area contributed by atoms with Gasteiger partial charge < -0.3 is 15.4 Å². The molecular formula is C15H30N2O2. The summed E-state index contributed by atoms with van der Waals surface area (Å²) < 4.78 is 5.24. The average Bonchev–Trinajstić information content (AvgIpc) is 2.25. The molecule has 0 aromatic heterocycles. The van der Waals surface area contributed by atoms with Crippen LogP contribution in [0.25, 0.3) is 0 Å². The van der Waals surface area contributed by atoms with E-state index in [-0.39, 0.29) is 12.1 Å². The Morgan fingerprint density at radius 1 is 1.26 bits per heavy atom. The lowest BCUT2D eigenvalue weighted by Crippen LogP contribution is -2.45. The first-order valence-corrected chi connectivity index (χ1v) is 7.49. The first-order valence-electron chi connectivity index (χ1n) is 7.49. The first-order chi connectivity index (χ1) is 8.76. The molecule has 0 aromatic rings. The van der Waals surface area contributed by atoms with Crippen molar-refractivity contribution in [1.29, 1.82) is 0 Å². The molecule has 0 aromatic carbocycles. The Balaban J connectivity index is 2.17. The van der Waals surface area contributed by atoms with E-state index in [4.69, 9.17) is 4.74 Å². The Hall–Kier alpha value is -0.770.